The first-order chi connectivity index (χ1) is 14.8. The molecule has 1 aliphatic heterocycles. The summed E-state index contributed by atoms with van der Waals surface area (Å²) in [5, 5.41) is 11.5. The van der Waals surface area contributed by atoms with Crippen LogP contribution in [0.1, 0.15) is 15.9 Å². The summed E-state index contributed by atoms with van der Waals surface area (Å²) in [6, 6.07) is 11.0. The molecule has 0 unspecified atom stereocenters. The standard InChI is InChI=1S/C21H18N2O6S2/c1-28-15-8-3-12(9-16(15)29-2)10-17-19(25)23(21(30)31-17)11-18(24)22-14-6-4-13(5-7-14)20(26)27/h3-10H,11H2,1-2H3,(H,22,24)(H,26,27)/b17-10-. The van der Waals surface area contributed by atoms with E-state index in [-0.39, 0.29) is 22.3 Å². The number of carbonyl (C=O) groups is 3. The number of ether oxygens (including phenoxy) is 2. The first-order valence-electron chi connectivity index (χ1n) is 8.93. The topological polar surface area (TPSA) is 105 Å². The van der Waals surface area contributed by atoms with E-state index in [4.69, 9.17) is 26.8 Å². The number of benzene rings is 2. The molecule has 31 heavy (non-hydrogen) atoms. The van der Waals surface area contributed by atoms with Crippen molar-refractivity contribution in [2.75, 3.05) is 26.1 Å². The summed E-state index contributed by atoms with van der Waals surface area (Å²) in [7, 11) is 3.06. The summed E-state index contributed by atoms with van der Waals surface area (Å²) in [6.45, 7) is -0.255. The third-order valence-corrected chi connectivity index (χ3v) is 5.67. The van der Waals surface area contributed by atoms with Crippen molar-refractivity contribution in [1.82, 2.24) is 4.90 Å². The molecular formula is C21H18N2O6S2. The Balaban J connectivity index is 1.69. The molecule has 3 rings (SSSR count). The van der Waals surface area contributed by atoms with E-state index in [2.05, 4.69) is 5.32 Å². The lowest BCUT2D eigenvalue weighted by atomic mass is 10.2. The number of hydrogen-bond acceptors (Lipinski definition) is 7. The van der Waals surface area contributed by atoms with Crippen molar-refractivity contribution in [3.8, 4) is 11.5 Å². The molecule has 0 radical (unpaired) electrons. The minimum Gasteiger partial charge on any atom is -0.493 e. The predicted octanol–water partition coefficient (Wildman–Crippen LogP) is 3.24. The number of hydrogen-bond donors (Lipinski definition) is 2. The minimum atomic E-state index is -1.06. The quantitative estimate of drug-likeness (QED) is 0.481. The molecule has 0 aromatic heterocycles. The molecule has 0 atom stereocenters. The number of thiocarbonyl (C=S) groups is 1. The molecule has 1 heterocycles. The normalized spacial score (nSPS) is 14.6. The maximum atomic E-state index is 12.8. The van der Waals surface area contributed by atoms with Gasteiger partial charge in [-0.3, -0.25) is 14.5 Å². The van der Waals surface area contributed by atoms with Crippen LogP contribution in [0, 0.1) is 0 Å². The highest BCUT2D eigenvalue weighted by molar-refractivity contribution is 8.26. The Bertz CT molecular complexity index is 1080. The summed E-state index contributed by atoms with van der Waals surface area (Å²) in [6.07, 6.45) is 1.67. The van der Waals surface area contributed by atoms with Gasteiger partial charge in [-0.15, -0.1) is 0 Å². The zero-order valence-corrected chi connectivity index (χ0v) is 18.2. The molecule has 2 amide bonds. The van der Waals surface area contributed by atoms with Crippen LogP contribution in [0.15, 0.2) is 47.4 Å². The minimum absolute atomic E-state index is 0.107. The van der Waals surface area contributed by atoms with Gasteiger partial charge in [0.15, 0.2) is 11.5 Å². The van der Waals surface area contributed by atoms with Gasteiger partial charge in [-0.1, -0.05) is 30.0 Å². The fourth-order valence-electron chi connectivity index (χ4n) is 2.77. The molecule has 2 aromatic carbocycles. The van der Waals surface area contributed by atoms with Gasteiger partial charge in [0.25, 0.3) is 5.91 Å². The van der Waals surface area contributed by atoms with Gasteiger partial charge in [-0.25, -0.2) is 4.79 Å². The second-order valence-electron chi connectivity index (χ2n) is 6.31. The number of aromatic carboxylic acids is 1. The Kier molecular flexibility index (Phi) is 6.93. The number of amides is 2. The summed E-state index contributed by atoms with van der Waals surface area (Å²) >= 11 is 6.37. The highest BCUT2D eigenvalue weighted by Gasteiger charge is 2.33. The number of nitrogens with one attached hydrogen (secondary N) is 1. The third-order valence-electron chi connectivity index (χ3n) is 4.30. The van der Waals surface area contributed by atoms with Crippen LogP contribution in [0.3, 0.4) is 0 Å². The van der Waals surface area contributed by atoms with Crippen molar-refractivity contribution in [3.63, 3.8) is 0 Å². The van der Waals surface area contributed by atoms with Crippen molar-refractivity contribution in [1.29, 1.82) is 0 Å². The Hall–Kier alpha value is -3.37. The van der Waals surface area contributed by atoms with E-state index >= 15 is 0 Å². The van der Waals surface area contributed by atoms with Crippen molar-refractivity contribution in [2.24, 2.45) is 0 Å². The summed E-state index contributed by atoms with van der Waals surface area (Å²) in [5.74, 6) is -0.787. The Morgan fingerprint density at radius 3 is 2.42 bits per heavy atom. The van der Waals surface area contributed by atoms with Gasteiger partial charge < -0.3 is 19.9 Å². The molecule has 1 saturated heterocycles. The van der Waals surface area contributed by atoms with Crippen molar-refractivity contribution < 1.29 is 29.0 Å². The number of thioether (sulfide) groups is 1. The Morgan fingerprint density at radius 2 is 1.81 bits per heavy atom. The second kappa shape index (κ2) is 9.63. The Labute approximate surface area is 187 Å². The summed E-state index contributed by atoms with van der Waals surface area (Å²) in [4.78, 5) is 37.6. The lowest BCUT2D eigenvalue weighted by molar-refractivity contribution is -0.126. The number of carbonyl (C=O) groups excluding carboxylic acids is 2. The van der Waals surface area contributed by atoms with Crippen LogP contribution >= 0.6 is 24.0 Å². The van der Waals surface area contributed by atoms with Gasteiger partial charge in [0, 0.05) is 5.69 Å². The van der Waals surface area contributed by atoms with Crippen LogP contribution in [-0.2, 0) is 9.59 Å². The number of carboxylic acids is 1. The van der Waals surface area contributed by atoms with E-state index in [9.17, 15) is 14.4 Å². The second-order valence-corrected chi connectivity index (χ2v) is 7.99. The van der Waals surface area contributed by atoms with E-state index in [0.717, 1.165) is 17.3 Å². The zero-order chi connectivity index (χ0) is 22.5. The smallest absolute Gasteiger partial charge is 0.335 e. The number of carboxylic acid groups (broad SMARTS) is 1. The van der Waals surface area contributed by atoms with E-state index in [1.165, 1.54) is 43.4 Å². The zero-order valence-electron chi connectivity index (χ0n) is 16.6. The Morgan fingerprint density at radius 1 is 1.13 bits per heavy atom. The van der Waals surface area contributed by atoms with E-state index in [1.54, 1.807) is 24.3 Å². The first-order valence-corrected chi connectivity index (χ1v) is 10.2. The van der Waals surface area contributed by atoms with Gasteiger partial charge in [0.1, 0.15) is 10.9 Å². The molecule has 10 heteroatoms. The maximum Gasteiger partial charge on any atom is 0.335 e. The van der Waals surface area contributed by atoms with Crippen LogP contribution in [0.4, 0.5) is 5.69 Å². The fraction of sp³-hybridized carbons (Fsp3) is 0.143. The molecule has 0 saturated carbocycles. The van der Waals surface area contributed by atoms with E-state index < -0.39 is 11.9 Å². The van der Waals surface area contributed by atoms with E-state index in [1.807, 2.05) is 0 Å². The van der Waals surface area contributed by atoms with Crippen LogP contribution in [0.5, 0.6) is 11.5 Å². The van der Waals surface area contributed by atoms with Crippen LogP contribution in [0.25, 0.3) is 6.08 Å². The highest BCUT2D eigenvalue weighted by Crippen LogP contribution is 2.34. The average Bonchev–Trinajstić information content (AvgIpc) is 3.01. The third kappa shape index (κ3) is 5.22. The highest BCUT2D eigenvalue weighted by atomic mass is 32.2. The number of anilines is 1. The lowest BCUT2D eigenvalue weighted by Crippen LogP contribution is -2.36. The van der Waals surface area contributed by atoms with Crippen LogP contribution in [-0.4, -0.2) is 52.9 Å². The van der Waals surface area contributed by atoms with Gasteiger partial charge in [-0.05, 0) is 48.0 Å². The molecule has 1 aliphatic rings. The monoisotopic (exact) mass is 458 g/mol. The van der Waals surface area contributed by atoms with Crippen molar-refractivity contribution >= 4 is 57.8 Å². The first kappa shape index (κ1) is 22.3. The summed E-state index contributed by atoms with van der Waals surface area (Å²) < 4.78 is 10.8. The molecule has 1 fully saturated rings. The van der Waals surface area contributed by atoms with Crippen LogP contribution in [0.2, 0.25) is 0 Å². The van der Waals surface area contributed by atoms with Crippen molar-refractivity contribution in [2.45, 2.75) is 0 Å². The molecule has 2 aromatic rings. The van der Waals surface area contributed by atoms with Crippen molar-refractivity contribution in [3.05, 3.63) is 58.5 Å². The molecule has 2 N–H and O–H groups in total. The molecular weight excluding hydrogens is 440 g/mol. The summed E-state index contributed by atoms with van der Waals surface area (Å²) in [5.41, 5.74) is 1.25. The molecule has 8 nitrogen and oxygen atoms in total. The number of nitrogens with zero attached hydrogens (tertiary/aromatic N) is 1. The SMILES string of the molecule is COc1ccc(/C=C2\SC(=S)N(CC(=O)Nc3ccc(C(=O)O)cc3)C2=O)cc1OC. The molecule has 0 bridgehead atoms. The molecule has 0 spiro atoms. The fourth-order valence-corrected chi connectivity index (χ4v) is 4.03. The maximum absolute atomic E-state index is 12.8. The van der Waals surface area contributed by atoms with Gasteiger partial charge in [0.2, 0.25) is 5.91 Å². The van der Waals surface area contributed by atoms with Gasteiger partial charge >= 0.3 is 5.97 Å². The average molecular weight is 459 g/mol. The van der Waals surface area contributed by atoms with Gasteiger partial charge in [0.05, 0.1) is 24.7 Å². The largest absolute Gasteiger partial charge is 0.493 e. The molecule has 160 valence electrons. The number of methoxy groups -OCH3 is 2. The van der Waals surface area contributed by atoms with Gasteiger partial charge in [-0.2, -0.15) is 0 Å². The predicted molar refractivity (Wildman–Crippen MR) is 121 cm³/mol. The number of rotatable bonds is 7. The van der Waals surface area contributed by atoms with Crippen LogP contribution < -0.4 is 14.8 Å². The lowest BCUT2D eigenvalue weighted by Gasteiger charge is -2.14. The molecule has 0 aliphatic carbocycles. The van der Waals surface area contributed by atoms with E-state index in [0.29, 0.717) is 22.1 Å².